The second-order valence-electron chi connectivity index (χ2n) is 1.22. The summed E-state index contributed by atoms with van der Waals surface area (Å²) < 4.78 is 0. The molecule has 0 saturated heterocycles. The number of nitrogens with zero attached hydrogens (tertiary/aromatic N) is 2. The van der Waals surface area contributed by atoms with E-state index in [0.29, 0.717) is 0 Å². The Morgan fingerprint density at radius 1 is 1.75 bits per heavy atom. The van der Waals surface area contributed by atoms with Gasteiger partial charge < -0.3 is 0 Å². The average molecular weight is 107 g/mol. The standard InChI is InChI=1S/C5H3N2O/c8-7-5-3-1-2-4-6-5/h1-3H. The van der Waals surface area contributed by atoms with E-state index >= 15 is 0 Å². The van der Waals surface area contributed by atoms with Gasteiger partial charge in [0.05, 0.1) is 6.20 Å². The van der Waals surface area contributed by atoms with Crippen molar-refractivity contribution in [3.8, 4) is 0 Å². The molecule has 1 rings (SSSR count). The topological polar surface area (TPSA) is 42.3 Å². The fraction of sp³-hybridized carbons (Fsp3) is 0. The predicted octanol–water partition coefficient (Wildman–Crippen LogP) is 1.28. The highest BCUT2D eigenvalue weighted by Crippen LogP contribution is 2.01. The average Bonchev–Trinajstić information content (AvgIpc) is 1.90. The predicted molar refractivity (Wildman–Crippen MR) is 28.5 cm³/mol. The summed E-state index contributed by atoms with van der Waals surface area (Å²) in [5, 5.41) is 2.58. The summed E-state index contributed by atoms with van der Waals surface area (Å²) in [7, 11) is 0. The van der Waals surface area contributed by atoms with Crippen LogP contribution in [0, 0.1) is 11.1 Å². The van der Waals surface area contributed by atoms with Crippen LogP contribution >= 0.6 is 0 Å². The number of nitroso groups, excluding NO2 is 1. The van der Waals surface area contributed by atoms with Crippen LogP contribution in [-0.4, -0.2) is 4.98 Å². The molecule has 1 aromatic rings. The van der Waals surface area contributed by atoms with Crippen molar-refractivity contribution in [3.63, 3.8) is 0 Å². The Labute approximate surface area is 46.3 Å². The number of pyridine rings is 1. The first-order chi connectivity index (χ1) is 3.93. The lowest BCUT2D eigenvalue weighted by atomic mass is 10.5. The first-order valence-electron chi connectivity index (χ1n) is 2.10. The third-order valence-corrected chi connectivity index (χ3v) is 0.689. The maximum absolute atomic E-state index is 9.67. The molecule has 3 heteroatoms. The number of rotatable bonds is 1. The van der Waals surface area contributed by atoms with Gasteiger partial charge in [-0.1, -0.05) is 6.07 Å². The van der Waals surface area contributed by atoms with E-state index in [9.17, 15) is 4.91 Å². The summed E-state index contributed by atoms with van der Waals surface area (Å²) in [5.41, 5.74) is 0. The summed E-state index contributed by atoms with van der Waals surface area (Å²) in [6.45, 7) is 0. The molecule has 1 heterocycles. The molecular weight excluding hydrogens is 104 g/mol. The van der Waals surface area contributed by atoms with Crippen molar-refractivity contribution in [1.82, 2.24) is 4.98 Å². The molecule has 0 aliphatic rings. The second-order valence-corrected chi connectivity index (χ2v) is 1.22. The molecule has 0 bridgehead atoms. The Morgan fingerprint density at radius 2 is 2.62 bits per heavy atom. The lowest BCUT2D eigenvalue weighted by Crippen LogP contribution is -1.67. The van der Waals surface area contributed by atoms with E-state index in [1.807, 2.05) is 0 Å². The molecule has 1 aromatic heterocycles. The maximum atomic E-state index is 9.67. The molecule has 0 spiro atoms. The third-order valence-electron chi connectivity index (χ3n) is 0.689. The van der Waals surface area contributed by atoms with Crippen LogP contribution in [0.15, 0.2) is 23.4 Å². The molecular formula is C5H3N2O. The zero-order valence-corrected chi connectivity index (χ0v) is 4.03. The van der Waals surface area contributed by atoms with Gasteiger partial charge in [0, 0.05) is 0 Å². The Kier molecular flexibility index (Phi) is 1.32. The van der Waals surface area contributed by atoms with Crippen LogP contribution in [0.3, 0.4) is 0 Å². The summed E-state index contributed by atoms with van der Waals surface area (Å²) >= 11 is 0. The van der Waals surface area contributed by atoms with Crippen LogP contribution in [0.2, 0.25) is 0 Å². The number of aromatic nitrogens is 1. The molecule has 0 N–H and O–H groups in total. The van der Waals surface area contributed by atoms with E-state index < -0.39 is 0 Å². The molecule has 3 nitrogen and oxygen atoms in total. The van der Waals surface area contributed by atoms with Gasteiger partial charge in [0.25, 0.3) is 0 Å². The lowest BCUT2D eigenvalue weighted by molar-refractivity contribution is 1.25. The fourth-order valence-electron chi connectivity index (χ4n) is 0.369. The SMILES string of the molecule is O=Nc1ccc[c]n1. The molecule has 0 aliphatic carbocycles. The van der Waals surface area contributed by atoms with E-state index in [1.54, 1.807) is 12.1 Å². The monoisotopic (exact) mass is 107 g/mol. The molecule has 0 amide bonds. The summed E-state index contributed by atoms with van der Waals surface area (Å²) in [6.07, 6.45) is 2.47. The summed E-state index contributed by atoms with van der Waals surface area (Å²) in [6, 6.07) is 4.78. The van der Waals surface area contributed by atoms with E-state index in [4.69, 9.17) is 0 Å². The van der Waals surface area contributed by atoms with E-state index in [2.05, 4.69) is 16.4 Å². The molecule has 0 atom stereocenters. The van der Waals surface area contributed by atoms with Crippen molar-refractivity contribution in [2.75, 3.05) is 0 Å². The van der Waals surface area contributed by atoms with Crippen molar-refractivity contribution in [3.05, 3.63) is 29.3 Å². The van der Waals surface area contributed by atoms with E-state index in [1.165, 1.54) is 6.07 Å². The fourth-order valence-corrected chi connectivity index (χ4v) is 0.369. The summed E-state index contributed by atoms with van der Waals surface area (Å²) in [5.74, 6) is 0.174. The minimum absolute atomic E-state index is 0.174. The Morgan fingerprint density at radius 3 is 3.00 bits per heavy atom. The van der Waals surface area contributed by atoms with Gasteiger partial charge in [-0.2, -0.15) is 0 Å². The van der Waals surface area contributed by atoms with Crippen molar-refractivity contribution >= 4 is 5.82 Å². The van der Waals surface area contributed by atoms with Gasteiger partial charge in [-0.25, -0.2) is 4.98 Å². The van der Waals surface area contributed by atoms with Crippen molar-refractivity contribution < 1.29 is 0 Å². The van der Waals surface area contributed by atoms with Crippen LogP contribution < -0.4 is 0 Å². The number of hydrogen-bond acceptors (Lipinski definition) is 3. The minimum atomic E-state index is 0.174. The highest BCUT2D eigenvalue weighted by molar-refractivity contribution is 5.23. The first kappa shape index (κ1) is 4.90. The Hall–Kier alpha value is -1.25. The first-order valence-corrected chi connectivity index (χ1v) is 2.10. The van der Waals surface area contributed by atoms with Gasteiger partial charge in [-0.3, -0.25) is 0 Å². The minimum Gasteiger partial charge on any atom is -0.224 e. The smallest absolute Gasteiger partial charge is 0.197 e. The molecule has 39 valence electrons. The molecule has 0 unspecified atom stereocenters. The van der Waals surface area contributed by atoms with E-state index in [-0.39, 0.29) is 5.82 Å². The molecule has 0 aromatic carbocycles. The van der Waals surface area contributed by atoms with Crippen LogP contribution in [0.25, 0.3) is 0 Å². The Bertz CT molecular complexity index is 173. The zero-order chi connectivity index (χ0) is 5.82. The summed E-state index contributed by atoms with van der Waals surface area (Å²) in [4.78, 5) is 13.2. The van der Waals surface area contributed by atoms with Crippen molar-refractivity contribution in [2.24, 2.45) is 5.18 Å². The van der Waals surface area contributed by atoms with Crippen LogP contribution in [-0.2, 0) is 0 Å². The highest BCUT2D eigenvalue weighted by atomic mass is 16.3. The van der Waals surface area contributed by atoms with Gasteiger partial charge in [-0.15, -0.1) is 4.91 Å². The van der Waals surface area contributed by atoms with Gasteiger partial charge in [-0.05, 0) is 17.3 Å². The largest absolute Gasteiger partial charge is 0.224 e. The zero-order valence-electron chi connectivity index (χ0n) is 4.03. The Balaban J connectivity index is 2.99. The van der Waals surface area contributed by atoms with Gasteiger partial charge in [0.1, 0.15) is 0 Å². The molecule has 0 aliphatic heterocycles. The van der Waals surface area contributed by atoms with Gasteiger partial charge in [0.15, 0.2) is 5.82 Å². The van der Waals surface area contributed by atoms with Crippen LogP contribution in [0.5, 0.6) is 0 Å². The van der Waals surface area contributed by atoms with Gasteiger partial charge >= 0.3 is 0 Å². The molecule has 0 fully saturated rings. The van der Waals surface area contributed by atoms with Crippen molar-refractivity contribution in [1.29, 1.82) is 0 Å². The maximum Gasteiger partial charge on any atom is 0.197 e. The quantitative estimate of drug-likeness (QED) is 0.507. The lowest BCUT2D eigenvalue weighted by Gasteiger charge is -1.79. The molecule has 1 radical (unpaired) electrons. The number of hydrogen-bond donors (Lipinski definition) is 0. The van der Waals surface area contributed by atoms with Gasteiger partial charge in [0.2, 0.25) is 0 Å². The molecule has 8 heavy (non-hydrogen) atoms. The van der Waals surface area contributed by atoms with Crippen LogP contribution in [0.4, 0.5) is 5.82 Å². The molecule has 0 saturated carbocycles. The van der Waals surface area contributed by atoms with Crippen molar-refractivity contribution in [2.45, 2.75) is 0 Å². The van der Waals surface area contributed by atoms with Crippen LogP contribution in [0.1, 0.15) is 0 Å². The second kappa shape index (κ2) is 2.16. The van der Waals surface area contributed by atoms with E-state index in [0.717, 1.165) is 0 Å². The highest BCUT2D eigenvalue weighted by Gasteiger charge is 1.83. The third kappa shape index (κ3) is 0.872. The normalized spacial score (nSPS) is 8.50.